The van der Waals surface area contributed by atoms with Gasteiger partial charge in [-0.3, -0.25) is 4.79 Å². The zero-order valence-electron chi connectivity index (χ0n) is 29.6. The number of thioether (sulfide) groups is 1. The van der Waals surface area contributed by atoms with Gasteiger partial charge in [0.1, 0.15) is 0 Å². The molecule has 0 aromatic rings. The average molecular weight is 638 g/mol. The van der Waals surface area contributed by atoms with Crippen LogP contribution >= 0.6 is 20.2 Å². The molecule has 41 heavy (non-hydrogen) atoms. The van der Waals surface area contributed by atoms with E-state index in [1.165, 1.54) is 11.8 Å². The molecule has 0 radical (unpaired) electrons. The molecule has 0 unspecified atom stereocenters. The van der Waals surface area contributed by atoms with Crippen LogP contribution < -0.4 is 5.32 Å². The molecule has 0 saturated carbocycles. The molecule has 0 rings (SSSR count). The monoisotopic (exact) mass is 637 g/mol. The topological polar surface area (TPSA) is 63.3 Å². The van der Waals surface area contributed by atoms with Crippen molar-refractivity contribution in [1.29, 1.82) is 0 Å². The number of carbonyl (C=O) groups excluding carboxylic acids is 1. The van der Waals surface area contributed by atoms with Gasteiger partial charge < -0.3 is 19.0 Å². The van der Waals surface area contributed by atoms with Gasteiger partial charge in [-0.15, -0.1) is 0 Å². The number of rotatable bonds is 22. The van der Waals surface area contributed by atoms with Crippen molar-refractivity contribution >= 4 is 33.6 Å². The molecule has 0 aliphatic carbocycles. The van der Waals surface area contributed by atoms with Crippen molar-refractivity contribution in [3.8, 4) is 0 Å². The highest BCUT2D eigenvalue weighted by atomic mass is 32.2. The Balaban J connectivity index is 4.61. The Hall–Kier alpha value is 0.427. The van der Waals surface area contributed by atoms with Crippen LogP contribution in [0.15, 0.2) is 0 Å². The summed E-state index contributed by atoms with van der Waals surface area (Å²) in [4.78, 5) is 12.6. The number of hydrogen-bond acceptors (Lipinski definition) is 8. The fourth-order valence-corrected chi connectivity index (χ4v) is 8.58. The predicted octanol–water partition coefficient (Wildman–Crippen LogP) is 8.65. The maximum atomic E-state index is 12.6. The predicted molar refractivity (Wildman–Crippen MR) is 184 cm³/mol. The highest BCUT2D eigenvalue weighted by Crippen LogP contribution is 2.50. The lowest BCUT2D eigenvalue weighted by Gasteiger charge is -2.45. The first-order chi connectivity index (χ1) is 18.9. The quantitative estimate of drug-likeness (QED) is 0.0548. The Morgan fingerprint density at radius 2 is 1.39 bits per heavy atom. The Morgan fingerprint density at radius 1 is 0.902 bits per heavy atom. The number of hydrogen-bond donors (Lipinski definition) is 1. The summed E-state index contributed by atoms with van der Waals surface area (Å²) < 4.78 is 23.8. The smallest absolute Gasteiger partial charge is 0.192 e. The van der Waals surface area contributed by atoms with Crippen LogP contribution in [0.3, 0.4) is 0 Å². The Morgan fingerprint density at radius 3 is 1.80 bits per heavy atom. The molecule has 246 valence electrons. The molecule has 7 nitrogen and oxygen atoms in total. The molecule has 0 heterocycles. The second kappa shape index (κ2) is 19.7. The van der Waals surface area contributed by atoms with E-state index in [9.17, 15) is 4.79 Å². The molecule has 1 N–H and O–H groups in total. The molecular formula is C31H68N3O4PSSi. The van der Waals surface area contributed by atoms with Gasteiger partial charge in [-0.2, -0.15) is 0 Å². The Labute approximate surface area is 262 Å². The van der Waals surface area contributed by atoms with Crippen LogP contribution in [0.2, 0.25) is 18.1 Å². The molecule has 0 atom stereocenters. The Bertz CT molecular complexity index is 680. The lowest BCUT2D eigenvalue weighted by Crippen LogP contribution is -2.53. The van der Waals surface area contributed by atoms with Crippen molar-refractivity contribution in [1.82, 2.24) is 14.7 Å². The number of ether oxygens (including phenoxy) is 1. The van der Waals surface area contributed by atoms with E-state index in [4.69, 9.17) is 13.7 Å². The van der Waals surface area contributed by atoms with E-state index in [2.05, 4.69) is 118 Å². The van der Waals surface area contributed by atoms with E-state index in [-0.39, 0.29) is 22.5 Å². The third-order valence-corrected chi connectivity index (χ3v) is 16.6. The minimum atomic E-state index is -1.81. The van der Waals surface area contributed by atoms with E-state index in [1.807, 2.05) is 0 Å². The van der Waals surface area contributed by atoms with Crippen molar-refractivity contribution in [2.75, 3.05) is 32.3 Å². The molecule has 0 aromatic heterocycles. The molecule has 0 saturated heterocycles. The summed E-state index contributed by atoms with van der Waals surface area (Å²) in [5, 5.41) is 4.11. The number of nitrogens with zero attached hydrogens (tertiary/aromatic N) is 2. The SMILES string of the molecule is CCC(CC)(CO[Si](C)(C)C(C)(C)C)NCCC(=O)SCCCOCOP(N(C(C)C)C(C)C)N(C(C)C)C(C)C. The summed E-state index contributed by atoms with van der Waals surface area (Å²) >= 11 is 1.42. The minimum absolute atomic E-state index is 0.0743. The van der Waals surface area contributed by atoms with Gasteiger partial charge in [0.2, 0.25) is 0 Å². The van der Waals surface area contributed by atoms with Crippen molar-refractivity contribution in [3.63, 3.8) is 0 Å². The van der Waals surface area contributed by atoms with Crippen molar-refractivity contribution in [2.45, 2.75) is 164 Å². The summed E-state index contributed by atoms with van der Waals surface area (Å²) in [6, 6.07) is 1.51. The Kier molecular flexibility index (Phi) is 19.9. The molecular weight excluding hydrogens is 569 g/mol. The van der Waals surface area contributed by atoms with Crippen LogP contribution in [0.1, 0.15) is 116 Å². The highest BCUT2D eigenvalue weighted by molar-refractivity contribution is 8.13. The van der Waals surface area contributed by atoms with Gasteiger partial charge in [-0.1, -0.05) is 46.4 Å². The summed E-state index contributed by atoms with van der Waals surface area (Å²) in [7, 11) is -2.76. The molecule has 0 aliphatic heterocycles. The van der Waals surface area contributed by atoms with E-state index >= 15 is 0 Å². The molecule has 0 aromatic carbocycles. The van der Waals surface area contributed by atoms with E-state index in [1.54, 1.807) is 0 Å². The zero-order chi connectivity index (χ0) is 32.0. The second-order valence-electron chi connectivity index (χ2n) is 13.8. The van der Waals surface area contributed by atoms with Crippen LogP contribution in [-0.4, -0.2) is 84.8 Å². The zero-order valence-corrected chi connectivity index (χ0v) is 32.3. The first-order valence-corrected chi connectivity index (χ1v) is 21.0. The minimum Gasteiger partial charge on any atom is -0.415 e. The van der Waals surface area contributed by atoms with Gasteiger partial charge in [0.05, 0.1) is 13.2 Å². The lowest BCUT2D eigenvalue weighted by atomic mass is 9.94. The average Bonchev–Trinajstić information content (AvgIpc) is 2.84. The van der Waals surface area contributed by atoms with Gasteiger partial charge in [-0.25, -0.2) is 9.34 Å². The maximum Gasteiger partial charge on any atom is 0.192 e. The third-order valence-electron chi connectivity index (χ3n) is 8.16. The van der Waals surface area contributed by atoms with Crippen molar-refractivity contribution < 1.29 is 18.5 Å². The van der Waals surface area contributed by atoms with Crippen molar-refractivity contribution in [3.05, 3.63) is 0 Å². The fraction of sp³-hybridized carbons (Fsp3) is 0.968. The van der Waals surface area contributed by atoms with E-state index < -0.39 is 16.8 Å². The third kappa shape index (κ3) is 14.8. The number of nitrogens with one attached hydrogen (secondary N) is 1. The molecule has 0 aliphatic rings. The van der Waals surface area contributed by atoms with E-state index in [0.29, 0.717) is 50.3 Å². The lowest BCUT2D eigenvalue weighted by molar-refractivity contribution is -0.111. The van der Waals surface area contributed by atoms with Gasteiger partial charge in [0.25, 0.3) is 0 Å². The molecule has 0 amide bonds. The van der Waals surface area contributed by atoms with Gasteiger partial charge >= 0.3 is 0 Å². The van der Waals surface area contributed by atoms with Gasteiger partial charge in [-0.05, 0) is 92.8 Å². The summed E-state index contributed by atoms with van der Waals surface area (Å²) in [6.45, 7) is 36.0. The molecule has 0 fully saturated rings. The number of carbonyl (C=O) groups is 1. The van der Waals surface area contributed by atoms with Crippen LogP contribution in [0.4, 0.5) is 0 Å². The van der Waals surface area contributed by atoms with Gasteiger partial charge in [0, 0.05) is 48.4 Å². The summed E-state index contributed by atoms with van der Waals surface area (Å²) in [6.07, 6.45) is 3.33. The van der Waals surface area contributed by atoms with Crippen molar-refractivity contribution in [2.24, 2.45) is 0 Å². The molecule has 0 spiro atoms. The van der Waals surface area contributed by atoms with Crippen LogP contribution in [-0.2, 0) is 18.5 Å². The maximum absolute atomic E-state index is 12.6. The largest absolute Gasteiger partial charge is 0.415 e. The second-order valence-corrected chi connectivity index (χ2v) is 21.5. The van der Waals surface area contributed by atoms with Crippen LogP contribution in [0, 0.1) is 0 Å². The first kappa shape index (κ1) is 41.4. The molecule has 10 heteroatoms. The van der Waals surface area contributed by atoms with Crippen LogP contribution in [0.5, 0.6) is 0 Å². The highest BCUT2D eigenvalue weighted by Gasteiger charge is 2.39. The fourth-order valence-electron chi connectivity index (χ4n) is 4.52. The normalized spacial score (nSPS) is 13.8. The van der Waals surface area contributed by atoms with E-state index in [0.717, 1.165) is 25.0 Å². The summed E-state index contributed by atoms with van der Waals surface area (Å²) in [5.41, 5.74) is -0.0743. The standard InChI is InChI=1S/C31H68N3O4PSSi/c1-16-31(17-2,23-38-41(14,15)30(11,12)13)32-20-19-29(35)40-22-18-21-36-24-37-39(33(25(3)4)26(5)6)34(27(7)8)28(9)10/h25-28,32H,16-24H2,1-15H3. The first-order valence-electron chi connectivity index (χ1n) is 16.0. The van der Waals surface area contributed by atoms with Crippen LogP contribution in [0.25, 0.3) is 0 Å². The molecule has 0 bridgehead atoms. The van der Waals surface area contributed by atoms with Gasteiger partial charge in [0.15, 0.2) is 28.7 Å². The summed E-state index contributed by atoms with van der Waals surface area (Å²) in [5.74, 6) is 0.767.